The number of ether oxygens (including phenoxy) is 1. The first-order valence-electron chi connectivity index (χ1n) is 11.6. The van der Waals surface area contributed by atoms with Gasteiger partial charge in [-0.15, -0.1) is 0 Å². The summed E-state index contributed by atoms with van der Waals surface area (Å²) in [6.07, 6.45) is 2.80. The highest BCUT2D eigenvalue weighted by Crippen LogP contribution is 2.43. The van der Waals surface area contributed by atoms with Crippen molar-refractivity contribution in [2.75, 3.05) is 11.5 Å². The molecule has 2 aromatic carbocycles. The lowest BCUT2D eigenvalue weighted by atomic mass is 10.0. The Morgan fingerprint density at radius 1 is 0.971 bits per heavy atom. The summed E-state index contributed by atoms with van der Waals surface area (Å²) in [5, 5.41) is 4.14. The molecule has 5 nitrogen and oxygen atoms in total. The molecule has 0 radical (unpaired) electrons. The summed E-state index contributed by atoms with van der Waals surface area (Å²) in [5.74, 6) is 2.48. The van der Waals surface area contributed by atoms with Crippen LogP contribution in [0.5, 0.6) is 5.75 Å². The molecule has 0 saturated carbocycles. The van der Waals surface area contributed by atoms with Crippen molar-refractivity contribution in [3.8, 4) is 17.1 Å². The highest BCUT2D eigenvalue weighted by molar-refractivity contribution is 7.80. The number of aromatic nitrogens is 1. The molecule has 1 N–H and O–H groups in total. The number of aryl methyl sites for hydroxylation is 1. The third-order valence-corrected chi connectivity index (χ3v) is 6.40. The van der Waals surface area contributed by atoms with Crippen LogP contribution in [0.1, 0.15) is 42.9 Å². The maximum Gasteiger partial charge on any atom is 0.174 e. The Morgan fingerprint density at radius 2 is 1.76 bits per heavy atom. The average molecular weight is 470 g/mol. The fraction of sp³-hybridized carbons (Fsp3) is 0.214. The highest BCUT2D eigenvalue weighted by atomic mass is 32.1. The van der Waals surface area contributed by atoms with Gasteiger partial charge in [0.05, 0.1) is 18.3 Å². The monoisotopic (exact) mass is 469 g/mol. The molecule has 172 valence electrons. The Hall–Kier alpha value is -3.64. The summed E-state index contributed by atoms with van der Waals surface area (Å²) in [6.45, 7) is 4.78. The molecule has 6 heteroatoms. The van der Waals surface area contributed by atoms with Crippen LogP contribution in [0.2, 0.25) is 0 Å². The van der Waals surface area contributed by atoms with Crippen molar-refractivity contribution < 1.29 is 9.15 Å². The van der Waals surface area contributed by atoms with E-state index in [1.54, 1.807) is 0 Å². The molecule has 0 spiro atoms. The number of hydrogen-bond donors (Lipinski definition) is 1. The topological polar surface area (TPSA) is 50.5 Å². The Kier molecular flexibility index (Phi) is 6.32. The van der Waals surface area contributed by atoms with Crippen molar-refractivity contribution in [1.82, 2.24) is 10.3 Å². The van der Waals surface area contributed by atoms with Gasteiger partial charge in [0.2, 0.25) is 0 Å². The van der Waals surface area contributed by atoms with Gasteiger partial charge in [0, 0.05) is 17.4 Å². The lowest BCUT2D eigenvalue weighted by molar-refractivity contribution is 0.340. The molecular formula is C28H27N3O2S. The van der Waals surface area contributed by atoms with Gasteiger partial charge < -0.3 is 19.4 Å². The Labute approximate surface area is 205 Å². The quantitative estimate of drug-likeness (QED) is 0.313. The Morgan fingerprint density at radius 3 is 2.44 bits per heavy atom. The van der Waals surface area contributed by atoms with E-state index in [9.17, 15) is 0 Å². The number of rotatable bonds is 7. The van der Waals surface area contributed by atoms with E-state index in [1.807, 2.05) is 67.7 Å². The zero-order chi connectivity index (χ0) is 23.5. The molecule has 1 saturated heterocycles. The van der Waals surface area contributed by atoms with Crippen LogP contribution in [0.25, 0.3) is 11.3 Å². The number of anilines is 1. The van der Waals surface area contributed by atoms with E-state index in [4.69, 9.17) is 21.4 Å². The molecule has 3 heterocycles. The number of benzene rings is 2. The van der Waals surface area contributed by atoms with Gasteiger partial charge in [0.1, 0.15) is 23.3 Å². The van der Waals surface area contributed by atoms with Gasteiger partial charge in [0.15, 0.2) is 5.11 Å². The second-order valence-electron chi connectivity index (χ2n) is 8.18. The number of nitrogens with one attached hydrogen (secondary N) is 1. The first-order chi connectivity index (χ1) is 16.7. The van der Waals surface area contributed by atoms with Crippen molar-refractivity contribution in [2.24, 2.45) is 0 Å². The summed E-state index contributed by atoms with van der Waals surface area (Å²) in [6, 6.07) is 26.2. The van der Waals surface area contributed by atoms with Gasteiger partial charge in [-0.05, 0) is 91.8 Å². The molecule has 2 atom stereocenters. The molecule has 0 bridgehead atoms. The number of thiocarbonyl (C=S) groups is 1. The van der Waals surface area contributed by atoms with Crippen molar-refractivity contribution >= 4 is 23.0 Å². The van der Waals surface area contributed by atoms with Crippen LogP contribution in [0.15, 0.2) is 89.5 Å². The Balaban J connectivity index is 1.53. The lowest BCUT2D eigenvalue weighted by Crippen LogP contribution is -2.29. The minimum absolute atomic E-state index is 0.140. The Bertz CT molecular complexity index is 1250. The van der Waals surface area contributed by atoms with Crippen LogP contribution >= 0.6 is 12.2 Å². The summed E-state index contributed by atoms with van der Waals surface area (Å²) in [7, 11) is 0. The van der Waals surface area contributed by atoms with Gasteiger partial charge in [-0.2, -0.15) is 0 Å². The third-order valence-electron chi connectivity index (χ3n) is 6.09. The largest absolute Gasteiger partial charge is 0.494 e. The second kappa shape index (κ2) is 9.69. The lowest BCUT2D eigenvalue weighted by Gasteiger charge is -2.26. The van der Waals surface area contributed by atoms with Gasteiger partial charge >= 0.3 is 0 Å². The predicted octanol–water partition coefficient (Wildman–Crippen LogP) is 6.48. The second-order valence-corrected chi connectivity index (χ2v) is 8.56. The van der Waals surface area contributed by atoms with Crippen molar-refractivity contribution in [1.29, 1.82) is 0 Å². The van der Waals surface area contributed by atoms with E-state index in [2.05, 4.69) is 46.4 Å². The van der Waals surface area contributed by atoms with Crippen molar-refractivity contribution in [3.63, 3.8) is 0 Å². The normalized spacial score (nSPS) is 17.6. The summed E-state index contributed by atoms with van der Waals surface area (Å²) >= 11 is 5.81. The van der Waals surface area contributed by atoms with Crippen LogP contribution in [-0.4, -0.2) is 16.7 Å². The molecule has 1 aliphatic rings. The molecule has 1 fully saturated rings. The highest BCUT2D eigenvalue weighted by Gasteiger charge is 2.42. The minimum Gasteiger partial charge on any atom is -0.494 e. The van der Waals surface area contributed by atoms with Crippen LogP contribution in [0.3, 0.4) is 0 Å². The van der Waals surface area contributed by atoms with Crippen molar-refractivity contribution in [3.05, 3.63) is 102 Å². The van der Waals surface area contributed by atoms with Gasteiger partial charge in [-0.3, -0.25) is 4.98 Å². The zero-order valence-corrected chi connectivity index (χ0v) is 20.1. The average Bonchev–Trinajstić information content (AvgIpc) is 3.50. The van der Waals surface area contributed by atoms with E-state index < -0.39 is 0 Å². The van der Waals surface area contributed by atoms with Crippen LogP contribution in [-0.2, 0) is 6.42 Å². The van der Waals surface area contributed by atoms with Gasteiger partial charge in [-0.25, -0.2) is 0 Å². The number of hydrogen-bond acceptors (Lipinski definition) is 4. The zero-order valence-electron chi connectivity index (χ0n) is 19.3. The molecule has 1 aliphatic heterocycles. The van der Waals surface area contributed by atoms with E-state index >= 15 is 0 Å². The van der Waals surface area contributed by atoms with Crippen molar-refractivity contribution in [2.45, 2.75) is 32.4 Å². The number of nitrogens with zero attached hydrogens (tertiary/aromatic N) is 2. The maximum absolute atomic E-state index is 6.44. The fourth-order valence-electron chi connectivity index (χ4n) is 4.36. The van der Waals surface area contributed by atoms with E-state index in [0.29, 0.717) is 11.7 Å². The van der Waals surface area contributed by atoms with Gasteiger partial charge in [0.25, 0.3) is 0 Å². The molecular weight excluding hydrogens is 442 g/mol. The predicted molar refractivity (Wildman–Crippen MR) is 139 cm³/mol. The van der Waals surface area contributed by atoms with Crippen LogP contribution in [0, 0.1) is 0 Å². The molecule has 0 amide bonds. The maximum atomic E-state index is 6.44. The summed E-state index contributed by atoms with van der Waals surface area (Å²) < 4.78 is 12.0. The molecule has 5 rings (SSSR count). The first kappa shape index (κ1) is 22.2. The van der Waals surface area contributed by atoms with E-state index in [0.717, 1.165) is 40.6 Å². The third kappa shape index (κ3) is 4.29. The van der Waals surface area contributed by atoms with E-state index in [-0.39, 0.29) is 12.1 Å². The smallest absolute Gasteiger partial charge is 0.174 e. The minimum atomic E-state index is -0.175. The molecule has 4 aromatic rings. The number of pyridine rings is 1. The van der Waals surface area contributed by atoms with E-state index in [1.165, 1.54) is 5.56 Å². The molecule has 2 unspecified atom stereocenters. The SMILES string of the molecule is CCOc1ccc(-c2ccc(C3C(c4ccccn4)NC(=S)N3c3ccc(CC)cc3)o2)cc1. The molecule has 2 aromatic heterocycles. The van der Waals surface area contributed by atoms with Gasteiger partial charge in [-0.1, -0.05) is 25.1 Å². The van der Waals surface area contributed by atoms with Crippen LogP contribution in [0.4, 0.5) is 5.69 Å². The standard InChI is InChI=1S/C28H27N3O2S/c1-3-19-8-12-21(13-9-19)31-27(26(30-28(31)34)23-7-5-6-18-29-23)25-17-16-24(33-25)20-10-14-22(15-11-20)32-4-2/h5-18,26-27H,3-4H2,1-2H3,(H,30,34). The number of furan rings is 1. The van der Waals surface area contributed by atoms with Crippen LogP contribution < -0.4 is 15.0 Å². The molecule has 34 heavy (non-hydrogen) atoms. The first-order valence-corrected chi connectivity index (χ1v) is 12.0. The summed E-state index contributed by atoms with van der Waals surface area (Å²) in [5.41, 5.74) is 4.23. The summed E-state index contributed by atoms with van der Waals surface area (Å²) in [4.78, 5) is 6.75. The fourth-order valence-corrected chi connectivity index (χ4v) is 4.71. The molecule has 0 aliphatic carbocycles.